The number of benzene rings is 1. The van der Waals surface area contributed by atoms with Crippen molar-refractivity contribution in [3.8, 4) is 23.0 Å². The highest BCUT2D eigenvalue weighted by Crippen LogP contribution is 2.61. The number of ether oxygens (including phenoxy) is 2. The molecule has 0 aliphatic heterocycles. The summed E-state index contributed by atoms with van der Waals surface area (Å²) in [5.41, 5.74) is 5.25. The summed E-state index contributed by atoms with van der Waals surface area (Å²) in [6.07, 6.45) is 4.71. The fourth-order valence-electron chi connectivity index (χ4n) is 4.06. The third-order valence-electron chi connectivity index (χ3n) is 5.77. The Morgan fingerprint density at radius 3 is 2.28 bits per heavy atom. The molecule has 3 aliphatic rings. The van der Waals surface area contributed by atoms with Crippen LogP contribution >= 0.6 is 0 Å². The minimum atomic E-state index is -1.35. The number of fused-ring (bicyclic) bond motifs is 2. The molecular formula is C22H30O2Si. The lowest BCUT2D eigenvalue weighted by Gasteiger charge is -2.59. The van der Waals surface area contributed by atoms with E-state index in [0.29, 0.717) is 11.3 Å². The predicted molar refractivity (Wildman–Crippen MR) is 107 cm³/mol. The minimum Gasteiger partial charge on any atom is -0.497 e. The topological polar surface area (TPSA) is 18.5 Å². The molecule has 0 amide bonds. The van der Waals surface area contributed by atoms with Crippen molar-refractivity contribution >= 4 is 8.07 Å². The van der Waals surface area contributed by atoms with Gasteiger partial charge in [-0.05, 0) is 66.0 Å². The Balaban J connectivity index is 1.83. The predicted octanol–water partition coefficient (Wildman–Crippen LogP) is 5.32. The molecule has 0 heterocycles. The van der Waals surface area contributed by atoms with Gasteiger partial charge in [-0.15, -0.1) is 5.54 Å². The number of allylic oxidation sites excluding steroid dienone is 1. The van der Waals surface area contributed by atoms with Crippen molar-refractivity contribution in [1.29, 1.82) is 0 Å². The standard InChI is InChI=1S/C22H30O2Si/c1-22(2)16-14-20(22)19(8-7-13-25(4,5)6)21(15-16)24-18-11-9-17(23-3)10-12-18/h8-12,16,20-21H,14-15H2,1-6H3/b19-8+/t16-,20-,21+/m0/s1. The molecular weight excluding hydrogens is 324 g/mol. The first-order valence-corrected chi connectivity index (χ1v) is 12.7. The molecule has 0 aromatic heterocycles. The molecule has 2 nitrogen and oxygen atoms in total. The molecule has 0 radical (unpaired) electrons. The second-order valence-corrected chi connectivity index (χ2v) is 13.7. The van der Waals surface area contributed by atoms with Crippen LogP contribution < -0.4 is 9.47 Å². The smallest absolute Gasteiger partial charge is 0.129 e. The van der Waals surface area contributed by atoms with Crippen LogP contribution in [0.15, 0.2) is 35.9 Å². The molecule has 0 saturated heterocycles. The van der Waals surface area contributed by atoms with Gasteiger partial charge in [0.25, 0.3) is 0 Å². The summed E-state index contributed by atoms with van der Waals surface area (Å²) >= 11 is 0. The van der Waals surface area contributed by atoms with Crippen LogP contribution in [0.25, 0.3) is 0 Å². The van der Waals surface area contributed by atoms with Crippen LogP contribution in [0.5, 0.6) is 11.5 Å². The van der Waals surface area contributed by atoms with Crippen LogP contribution in [0.1, 0.15) is 26.7 Å². The normalized spacial score (nSPS) is 28.6. The lowest BCUT2D eigenvalue weighted by Crippen LogP contribution is -2.54. The maximum Gasteiger partial charge on any atom is 0.129 e. The SMILES string of the molecule is COc1ccc(O[C@@H]2C[C@@H]3C[C@@H](/C2=C\C#C[Si](C)(C)C)C3(C)C)cc1. The van der Waals surface area contributed by atoms with Gasteiger partial charge in [0, 0.05) is 0 Å². The van der Waals surface area contributed by atoms with Crippen LogP contribution in [0.4, 0.5) is 0 Å². The third kappa shape index (κ3) is 3.80. The average molecular weight is 355 g/mol. The maximum atomic E-state index is 6.36. The van der Waals surface area contributed by atoms with E-state index in [4.69, 9.17) is 9.47 Å². The van der Waals surface area contributed by atoms with Gasteiger partial charge in [0.05, 0.1) is 7.11 Å². The first-order chi connectivity index (χ1) is 11.7. The lowest BCUT2D eigenvalue weighted by atomic mass is 9.46. The summed E-state index contributed by atoms with van der Waals surface area (Å²) in [5, 5.41) is 0. The molecule has 1 aromatic rings. The Labute approximate surface area is 153 Å². The summed E-state index contributed by atoms with van der Waals surface area (Å²) in [6, 6.07) is 7.90. The van der Waals surface area contributed by atoms with Crippen molar-refractivity contribution in [3.05, 3.63) is 35.9 Å². The van der Waals surface area contributed by atoms with Gasteiger partial charge in [0.1, 0.15) is 25.7 Å². The van der Waals surface area contributed by atoms with Crippen LogP contribution in [-0.2, 0) is 0 Å². The van der Waals surface area contributed by atoms with E-state index < -0.39 is 8.07 Å². The van der Waals surface area contributed by atoms with Crippen molar-refractivity contribution in [2.75, 3.05) is 7.11 Å². The molecule has 134 valence electrons. The van der Waals surface area contributed by atoms with E-state index in [1.807, 2.05) is 24.3 Å². The fourth-order valence-corrected chi connectivity index (χ4v) is 4.57. The van der Waals surface area contributed by atoms with Crippen molar-refractivity contribution in [2.24, 2.45) is 17.3 Å². The van der Waals surface area contributed by atoms with Crippen LogP contribution in [0.3, 0.4) is 0 Å². The Morgan fingerprint density at radius 2 is 1.72 bits per heavy atom. The molecule has 0 unspecified atom stereocenters. The van der Waals surface area contributed by atoms with Crippen LogP contribution in [-0.4, -0.2) is 21.3 Å². The van der Waals surface area contributed by atoms with Gasteiger partial charge in [0.2, 0.25) is 0 Å². The minimum absolute atomic E-state index is 0.154. The van der Waals surface area contributed by atoms with Gasteiger partial charge in [-0.3, -0.25) is 0 Å². The largest absolute Gasteiger partial charge is 0.497 e. The lowest BCUT2D eigenvalue weighted by molar-refractivity contribution is -0.0647. The second-order valence-electron chi connectivity index (χ2n) is 8.99. The molecule has 3 heteroatoms. The van der Waals surface area contributed by atoms with Gasteiger partial charge >= 0.3 is 0 Å². The Hall–Kier alpha value is -1.66. The molecule has 1 aromatic carbocycles. The number of methoxy groups -OCH3 is 1. The quantitative estimate of drug-likeness (QED) is 0.540. The monoisotopic (exact) mass is 354 g/mol. The van der Waals surface area contributed by atoms with Crippen LogP contribution in [0, 0.1) is 28.7 Å². The zero-order valence-corrected chi connectivity index (χ0v) is 17.3. The molecule has 2 bridgehead atoms. The highest BCUT2D eigenvalue weighted by atomic mass is 28.3. The van der Waals surface area contributed by atoms with Gasteiger partial charge in [-0.2, -0.15) is 0 Å². The fraction of sp³-hybridized carbons (Fsp3) is 0.545. The summed E-state index contributed by atoms with van der Waals surface area (Å²) in [6.45, 7) is 11.7. The highest BCUT2D eigenvalue weighted by Gasteiger charge is 2.56. The summed E-state index contributed by atoms with van der Waals surface area (Å²) in [5.74, 6) is 6.50. The number of hydrogen-bond acceptors (Lipinski definition) is 2. The van der Waals surface area contributed by atoms with Gasteiger partial charge in [-0.1, -0.05) is 39.4 Å². The third-order valence-corrected chi connectivity index (χ3v) is 6.66. The van der Waals surface area contributed by atoms with Crippen molar-refractivity contribution in [2.45, 2.75) is 52.4 Å². The Morgan fingerprint density at radius 1 is 1.08 bits per heavy atom. The first-order valence-electron chi connectivity index (χ1n) is 9.24. The average Bonchev–Trinajstić information content (AvgIpc) is 2.55. The molecule has 3 atom stereocenters. The van der Waals surface area contributed by atoms with Crippen molar-refractivity contribution in [3.63, 3.8) is 0 Å². The molecule has 3 saturated carbocycles. The molecule has 4 rings (SSSR count). The molecule has 25 heavy (non-hydrogen) atoms. The van der Waals surface area contributed by atoms with Crippen molar-refractivity contribution in [1.82, 2.24) is 0 Å². The Kier molecular flexibility index (Phi) is 4.77. The highest BCUT2D eigenvalue weighted by molar-refractivity contribution is 6.83. The van der Waals surface area contributed by atoms with E-state index in [2.05, 4.69) is 51.0 Å². The number of rotatable bonds is 3. The van der Waals surface area contributed by atoms with Gasteiger partial charge < -0.3 is 9.47 Å². The van der Waals surface area contributed by atoms with E-state index >= 15 is 0 Å². The van der Waals surface area contributed by atoms with E-state index in [1.165, 1.54) is 12.0 Å². The molecule has 3 fully saturated rings. The van der Waals surface area contributed by atoms with E-state index in [1.54, 1.807) is 7.11 Å². The zero-order chi connectivity index (χ0) is 18.2. The van der Waals surface area contributed by atoms with Crippen molar-refractivity contribution < 1.29 is 9.47 Å². The van der Waals surface area contributed by atoms with Gasteiger partial charge in [-0.25, -0.2) is 0 Å². The summed E-state index contributed by atoms with van der Waals surface area (Å²) < 4.78 is 11.6. The molecule has 0 spiro atoms. The van der Waals surface area contributed by atoms with Gasteiger partial charge in [0.15, 0.2) is 0 Å². The number of hydrogen-bond donors (Lipinski definition) is 0. The maximum absolute atomic E-state index is 6.36. The first kappa shape index (κ1) is 18.1. The van der Waals surface area contributed by atoms with E-state index in [-0.39, 0.29) is 6.10 Å². The van der Waals surface area contributed by atoms with E-state index in [0.717, 1.165) is 23.8 Å². The second kappa shape index (κ2) is 6.57. The summed E-state index contributed by atoms with van der Waals surface area (Å²) in [4.78, 5) is 0. The summed E-state index contributed by atoms with van der Waals surface area (Å²) in [7, 11) is 0.331. The Bertz CT molecular complexity index is 713. The van der Waals surface area contributed by atoms with E-state index in [9.17, 15) is 0 Å². The van der Waals surface area contributed by atoms with Crippen LogP contribution in [0.2, 0.25) is 19.6 Å². The molecule has 0 N–H and O–H groups in total. The molecule has 3 aliphatic carbocycles. The zero-order valence-electron chi connectivity index (χ0n) is 16.3.